The second kappa shape index (κ2) is 5.12. The molecule has 0 atom stereocenters. The summed E-state index contributed by atoms with van der Waals surface area (Å²) in [5.74, 6) is -0.0349. The molecule has 0 fully saturated rings. The number of hydrogen-bond acceptors (Lipinski definition) is 4. The zero-order chi connectivity index (χ0) is 14.8. The van der Waals surface area contributed by atoms with Crippen LogP contribution in [0.3, 0.4) is 0 Å². The Morgan fingerprint density at radius 1 is 1.29 bits per heavy atom. The van der Waals surface area contributed by atoms with E-state index in [0.29, 0.717) is 27.4 Å². The molecule has 0 bridgehead atoms. The van der Waals surface area contributed by atoms with Gasteiger partial charge in [-0.05, 0) is 18.2 Å². The van der Waals surface area contributed by atoms with Crippen LogP contribution in [0.15, 0.2) is 42.7 Å². The lowest BCUT2D eigenvalue weighted by Gasteiger charge is -2.18. The van der Waals surface area contributed by atoms with Crippen molar-refractivity contribution in [1.29, 1.82) is 0 Å². The van der Waals surface area contributed by atoms with Gasteiger partial charge in [0.2, 0.25) is 0 Å². The molecule has 2 N–H and O–H groups in total. The van der Waals surface area contributed by atoms with E-state index in [2.05, 4.69) is 10.6 Å². The number of nitrogens with one attached hydrogen (secondary N) is 2. The van der Waals surface area contributed by atoms with Crippen LogP contribution in [0.5, 0.6) is 5.75 Å². The largest absolute Gasteiger partial charge is 0.619 e. The lowest BCUT2D eigenvalue weighted by molar-refractivity contribution is -0.605. The fraction of sp³-hybridized carbons (Fsp3) is 0.0714. The van der Waals surface area contributed by atoms with Gasteiger partial charge in [0.15, 0.2) is 19.0 Å². The molecule has 0 aliphatic carbocycles. The third-order valence-corrected chi connectivity index (χ3v) is 2.93. The van der Waals surface area contributed by atoms with E-state index in [1.54, 1.807) is 18.2 Å². The average molecular weight is 285 g/mol. The molecule has 7 heteroatoms. The van der Waals surface area contributed by atoms with Gasteiger partial charge in [-0.1, -0.05) is 0 Å². The van der Waals surface area contributed by atoms with Crippen molar-refractivity contribution in [2.24, 2.45) is 0 Å². The van der Waals surface area contributed by atoms with Gasteiger partial charge in [-0.25, -0.2) is 0 Å². The maximum absolute atomic E-state index is 12.0. The molecule has 0 spiro atoms. The number of pyridine rings is 1. The number of nitrogens with zero attached hydrogens (tertiary/aromatic N) is 1. The molecule has 2 amide bonds. The molecule has 0 unspecified atom stereocenters. The fourth-order valence-corrected chi connectivity index (χ4v) is 1.93. The van der Waals surface area contributed by atoms with Gasteiger partial charge in [-0.15, -0.1) is 0 Å². The molecule has 21 heavy (non-hydrogen) atoms. The minimum absolute atomic E-state index is 0.0160. The summed E-state index contributed by atoms with van der Waals surface area (Å²) < 4.78 is 5.83. The van der Waals surface area contributed by atoms with Crippen LogP contribution in [0.1, 0.15) is 10.4 Å². The Morgan fingerprint density at radius 2 is 2.05 bits per heavy atom. The maximum Gasteiger partial charge on any atom is 0.262 e. The van der Waals surface area contributed by atoms with Crippen molar-refractivity contribution in [2.75, 3.05) is 17.2 Å². The number of anilines is 2. The van der Waals surface area contributed by atoms with E-state index in [0.717, 1.165) is 0 Å². The molecular weight excluding hydrogens is 274 g/mol. The van der Waals surface area contributed by atoms with Crippen molar-refractivity contribution < 1.29 is 19.1 Å². The van der Waals surface area contributed by atoms with Crippen LogP contribution in [0.2, 0.25) is 0 Å². The highest BCUT2D eigenvalue weighted by Gasteiger charge is 2.16. The van der Waals surface area contributed by atoms with Gasteiger partial charge < -0.3 is 20.6 Å². The van der Waals surface area contributed by atoms with E-state index >= 15 is 0 Å². The molecule has 7 nitrogen and oxygen atoms in total. The second-order valence-electron chi connectivity index (χ2n) is 4.45. The summed E-state index contributed by atoms with van der Waals surface area (Å²) in [5, 5.41) is 16.3. The molecule has 1 aliphatic heterocycles. The lowest BCUT2D eigenvalue weighted by Crippen LogP contribution is -2.26. The van der Waals surface area contributed by atoms with E-state index < -0.39 is 0 Å². The number of aromatic nitrogens is 1. The zero-order valence-corrected chi connectivity index (χ0v) is 10.8. The predicted octanol–water partition coefficient (Wildman–Crippen LogP) is 0.903. The fourth-order valence-electron chi connectivity index (χ4n) is 1.93. The van der Waals surface area contributed by atoms with E-state index in [4.69, 9.17) is 4.74 Å². The first kappa shape index (κ1) is 12.9. The van der Waals surface area contributed by atoms with Crippen LogP contribution < -0.4 is 20.1 Å². The molecular formula is C14H11N3O4. The first-order chi connectivity index (χ1) is 10.1. The van der Waals surface area contributed by atoms with Crippen LogP contribution >= 0.6 is 0 Å². The van der Waals surface area contributed by atoms with Crippen molar-refractivity contribution in [3.8, 4) is 5.75 Å². The van der Waals surface area contributed by atoms with Gasteiger partial charge in [-0.3, -0.25) is 9.59 Å². The Balaban J connectivity index is 1.79. The minimum atomic E-state index is -0.349. The average Bonchev–Trinajstić information content (AvgIpc) is 2.47. The van der Waals surface area contributed by atoms with Gasteiger partial charge in [0.05, 0.1) is 11.3 Å². The lowest BCUT2D eigenvalue weighted by atomic mass is 10.2. The highest BCUT2D eigenvalue weighted by Crippen LogP contribution is 2.30. The van der Waals surface area contributed by atoms with Crippen LogP contribution in [0.25, 0.3) is 0 Å². The molecule has 0 saturated heterocycles. The van der Waals surface area contributed by atoms with Crippen molar-refractivity contribution in [3.05, 3.63) is 53.5 Å². The summed E-state index contributed by atoms with van der Waals surface area (Å²) in [4.78, 5) is 23.3. The minimum Gasteiger partial charge on any atom is -0.619 e. The van der Waals surface area contributed by atoms with Crippen LogP contribution in [0, 0.1) is 5.21 Å². The standard InChI is InChI=1S/C14H11N3O4/c18-13-8-21-12-2-1-10(7-11(12)16-13)15-14(19)9-3-5-17(20)6-4-9/h1-7H,8H2,(H,15,19)(H,16,18). The van der Waals surface area contributed by atoms with E-state index in [1.165, 1.54) is 24.5 Å². The number of carbonyl (C=O) groups excluding carboxylic acids is 2. The molecule has 2 heterocycles. The molecule has 0 radical (unpaired) electrons. The number of amides is 2. The van der Waals surface area contributed by atoms with E-state index in [9.17, 15) is 14.8 Å². The normalized spacial score (nSPS) is 12.9. The molecule has 1 aliphatic rings. The van der Waals surface area contributed by atoms with Gasteiger partial charge in [0.25, 0.3) is 11.8 Å². The number of carbonyl (C=O) groups is 2. The molecule has 106 valence electrons. The first-order valence-electron chi connectivity index (χ1n) is 6.19. The summed E-state index contributed by atoms with van der Waals surface area (Å²) in [6.45, 7) is -0.0160. The van der Waals surface area contributed by atoms with Crippen LogP contribution in [-0.4, -0.2) is 18.4 Å². The highest BCUT2D eigenvalue weighted by atomic mass is 16.5. The topological polar surface area (TPSA) is 94.4 Å². The quantitative estimate of drug-likeness (QED) is 0.633. The number of ether oxygens (including phenoxy) is 1. The molecule has 2 aromatic rings. The number of benzene rings is 1. The Bertz CT molecular complexity index is 713. The van der Waals surface area contributed by atoms with E-state index in [-0.39, 0.29) is 18.4 Å². The van der Waals surface area contributed by atoms with Crippen LogP contribution in [0.4, 0.5) is 11.4 Å². The van der Waals surface area contributed by atoms with Crippen LogP contribution in [-0.2, 0) is 4.79 Å². The number of fused-ring (bicyclic) bond motifs is 1. The monoisotopic (exact) mass is 285 g/mol. The highest BCUT2D eigenvalue weighted by molar-refractivity contribution is 6.05. The first-order valence-corrected chi connectivity index (χ1v) is 6.19. The molecule has 0 saturated carbocycles. The van der Waals surface area contributed by atoms with Gasteiger partial charge in [0.1, 0.15) is 5.75 Å². The zero-order valence-electron chi connectivity index (χ0n) is 10.8. The third-order valence-electron chi connectivity index (χ3n) is 2.93. The van der Waals surface area contributed by atoms with Crippen molar-refractivity contribution in [1.82, 2.24) is 0 Å². The number of rotatable bonds is 2. The summed E-state index contributed by atoms with van der Waals surface area (Å²) in [6.07, 6.45) is 2.49. The Kier molecular flexibility index (Phi) is 3.15. The van der Waals surface area contributed by atoms with Crippen molar-refractivity contribution in [3.63, 3.8) is 0 Å². The smallest absolute Gasteiger partial charge is 0.262 e. The predicted molar refractivity (Wildman–Crippen MR) is 73.9 cm³/mol. The summed E-state index contributed by atoms with van der Waals surface area (Å²) in [6, 6.07) is 7.80. The second-order valence-corrected chi connectivity index (χ2v) is 4.45. The molecule has 1 aromatic carbocycles. The Labute approximate surface area is 119 Å². The Hall–Kier alpha value is -3.09. The molecule has 3 rings (SSSR count). The van der Waals surface area contributed by atoms with Gasteiger partial charge >= 0.3 is 0 Å². The maximum atomic E-state index is 12.0. The Morgan fingerprint density at radius 3 is 2.81 bits per heavy atom. The summed E-state index contributed by atoms with van der Waals surface area (Å²) in [5.41, 5.74) is 1.39. The third kappa shape index (κ3) is 2.76. The van der Waals surface area contributed by atoms with Gasteiger partial charge in [0, 0.05) is 17.8 Å². The summed E-state index contributed by atoms with van der Waals surface area (Å²) in [7, 11) is 0. The SMILES string of the molecule is O=C1COc2ccc(NC(=O)c3cc[n+]([O-])cc3)cc2N1. The number of hydrogen-bond donors (Lipinski definition) is 2. The molecule has 1 aromatic heterocycles. The summed E-state index contributed by atoms with van der Waals surface area (Å²) >= 11 is 0. The van der Waals surface area contributed by atoms with Crippen molar-refractivity contribution in [2.45, 2.75) is 0 Å². The van der Waals surface area contributed by atoms with Gasteiger partial charge in [-0.2, -0.15) is 4.73 Å². The van der Waals surface area contributed by atoms with E-state index in [1.807, 2.05) is 0 Å². The van der Waals surface area contributed by atoms with Crippen molar-refractivity contribution >= 4 is 23.2 Å².